The Kier molecular flexibility index (Phi) is 3.19. The van der Waals surface area contributed by atoms with Gasteiger partial charge in [-0.05, 0) is 39.6 Å². The number of carboxylic acids is 1. The number of aromatic carboxylic acids is 1. The van der Waals surface area contributed by atoms with Crippen molar-refractivity contribution in [1.82, 2.24) is 0 Å². The van der Waals surface area contributed by atoms with Gasteiger partial charge >= 0.3 is 5.97 Å². The molecule has 3 heteroatoms. The van der Waals surface area contributed by atoms with Crippen LogP contribution in [-0.2, 0) is 5.41 Å². The minimum atomic E-state index is -0.847. The maximum absolute atomic E-state index is 11.1. The Balaban J connectivity index is 3.44. The van der Waals surface area contributed by atoms with Gasteiger partial charge in [0.2, 0.25) is 0 Å². The van der Waals surface area contributed by atoms with E-state index in [-0.39, 0.29) is 5.41 Å². The van der Waals surface area contributed by atoms with Gasteiger partial charge in [-0.2, -0.15) is 0 Å². The van der Waals surface area contributed by atoms with Crippen LogP contribution in [0.25, 0.3) is 0 Å². The monoisotopic (exact) mass is 304 g/mol. The van der Waals surface area contributed by atoms with Crippen molar-refractivity contribution >= 4 is 28.6 Å². The zero-order chi connectivity index (χ0) is 10.9. The molecular formula is C11H13IO2. The molecule has 0 amide bonds. The standard InChI is InChI=1S/C11H13IO2/c1-11(2,3)7-5-4-6-8(12)9(7)10(13)14/h4-6H,1-3H3,(H,13,14). The summed E-state index contributed by atoms with van der Waals surface area (Å²) in [6.07, 6.45) is 0. The molecule has 1 N–H and O–H groups in total. The van der Waals surface area contributed by atoms with Crippen molar-refractivity contribution < 1.29 is 9.90 Å². The van der Waals surface area contributed by atoms with E-state index in [0.717, 1.165) is 9.13 Å². The molecular weight excluding hydrogens is 291 g/mol. The van der Waals surface area contributed by atoms with Crippen LogP contribution in [0.2, 0.25) is 0 Å². The second-order valence-corrected chi connectivity index (χ2v) is 5.38. The lowest BCUT2D eigenvalue weighted by Gasteiger charge is -2.21. The summed E-state index contributed by atoms with van der Waals surface area (Å²) < 4.78 is 0.794. The molecule has 2 nitrogen and oxygen atoms in total. The summed E-state index contributed by atoms with van der Waals surface area (Å²) in [6.45, 7) is 6.06. The molecule has 0 aromatic heterocycles. The van der Waals surface area contributed by atoms with E-state index in [1.807, 2.05) is 39.0 Å². The molecule has 0 aliphatic carbocycles. The lowest BCUT2D eigenvalue weighted by Crippen LogP contribution is -2.17. The van der Waals surface area contributed by atoms with Gasteiger partial charge in [0.05, 0.1) is 5.56 Å². The lowest BCUT2D eigenvalue weighted by atomic mass is 9.84. The molecule has 0 atom stereocenters. The van der Waals surface area contributed by atoms with Crippen LogP contribution in [0.3, 0.4) is 0 Å². The molecule has 0 unspecified atom stereocenters. The zero-order valence-corrected chi connectivity index (χ0v) is 10.6. The predicted octanol–water partition coefficient (Wildman–Crippen LogP) is 3.29. The second-order valence-electron chi connectivity index (χ2n) is 4.22. The average molecular weight is 304 g/mol. The number of halogens is 1. The van der Waals surface area contributed by atoms with Gasteiger partial charge in [-0.15, -0.1) is 0 Å². The fourth-order valence-corrected chi connectivity index (χ4v) is 2.10. The summed E-state index contributed by atoms with van der Waals surface area (Å²) in [5, 5.41) is 9.11. The van der Waals surface area contributed by atoms with Crippen LogP contribution in [0.15, 0.2) is 18.2 Å². The van der Waals surface area contributed by atoms with E-state index < -0.39 is 5.97 Å². The highest BCUT2D eigenvalue weighted by atomic mass is 127. The minimum absolute atomic E-state index is 0.130. The van der Waals surface area contributed by atoms with E-state index in [4.69, 9.17) is 5.11 Å². The maximum atomic E-state index is 11.1. The van der Waals surface area contributed by atoms with Crippen LogP contribution in [0.4, 0.5) is 0 Å². The Bertz CT molecular complexity index is 364. The highest BCUT2D eigenvalue weighted by Gasteiger charge is 2.22. The maximum Gasteiger partial charge on any atom is 0.337 e. The highest BCUT2D eigenvalue weighted by Crippen LogP contribution is 2.28. The number of rotatable bonds is 1. The van der Waals surface area contributed by atoms with Gasteiger partial charge in [0.15, 0.2) is 0 Å². The predicted molar refractivity (Wildman–Crippen MR) is 64.8 cm³/mol. The Morgan fingerprint density at radius 1 is 1.36 bits per heavy atom. The van der Waals surface area contributed by atoms with Crippen LogP contribution in [0, 0.1) is 3.57 Å². The number of carboxylic acid groups (broad SMARTS) is 1. The van der Waals surface area contributed by atoms with Crippen LogP contribution >= 0.6 is 22.6 Å². The van der Waals surface area contributed by atoms with E-state index in [9.17, 15) is 4.79 Å². The molecule has 0 saturated carbocycles. The fraction of sp³-hybridized carbons (Fsp3) is 0.364. The van der Waals surface area contributed by atoms with Crippen LogP contribution < -0.4 is 0 Å². The summed E-state index contributed by atoms with van der Waals surface area (Å²) >= 11 is 2.06. The largest absolute Gasteiger partial charge is 0.478 e. The van der Waals surface area contributed by atoms with Crippen molar-refractivity contribution in [3.05, 3.63) is 32.9 Å². The number of hydrogen-bond donors (Lipinski definition) is 1. The second kappa shape index (κ2) is 3.88. The zero-order valence-electron chi connectivity index (χ0n) is 8.47. The van der Waals surface area contributed by atoms with Gasteiger partial charge in [-0.3, -0.25) is 0 Å². The third-order valence-corrected chi connectivity index (χ3v) is 2.93. The molecule has 0 heterocycles. The highest BCUT2D eigenvalue weighted by molar-refractivity contribution is 14.1. The average Bonchev–Trinajstić information content (AvgIpc) is 2.01. The summed E-state index contributed by atoms with van der Waals surface area (Å²) in [5.41, 5.74) is 1.19. The molecule has 0 aliphatic heterocycles. The molecule has 76 valence electrons. The third kappa shape index (κ3) is 2.26. The van der Waals surface area contributed by atoms with Crippen LogP contribution in [0.5, 0.6) is 0 Å². The van der Waals surface area contributed by atoms with Gasteiger partial charge in [-0.25, -0.2) is 4.79 Å². The Hall–Kier alpha value is -0.580. The first-order chi connectivity index (χ1) is 6.34. The molecule has 1 aromatic carbocycles. The SMILES string of the molecule is CC(C)(C)c1cccc(I)c1C(=O)O. The Morgan fingerprint density at radius 2 is 1.93 bits per heavy atom. The van der Waals surface area contributed by atoms with Crippen molar-refractivity contribution in [3.63, 3.8) is 0 Å². The summed E-state index contributed by atoms with van der Waals surface area (Å²) in [4.78, 5) is 11.1. The number of hydrogen-bond acceptors (Lipinski definition) is 1. The lowest BCUT2D eigenvalue weighted by molar-refractivity contribution is 0.0693. The van der Waals surface area contributed by atoms with Gasteiger partial charge in [0.1, 0.15) is 0 Å². The Morgan fingerprint density at radius 3 is 2.29 bits per heavy atom. The minimum Gasteiger partial charge on any atom is -0.478 e. The van der Waals surface area contributed by atoms with Crippen LogP contribution in [0.1, 0.15) is 36.7 Å². The first-order valence-electron chi connectivity index (χ1n) is 4.36. The van der Waals surface area contributed by atoms with E-state index >= 15 is 0 Å². The van der Waals surface area contributed by atoms with Gasteiger partial charge in [0, 0.05) is 3.57 Å². The summed E-state index contributed by atoms with van der Waals surface area (Å²) in [7, 11) is 0. The van der Waals surface area contributed by atoms with Gasteiger partial charge in [-0.1, -0.05) is 32.9 Å². The molecule has 0 saturated heterocycles. The number of benzene rings is 1. The third-order valence-electron chi connectivity index (χ3n) is 2.04. The first kappa shape index (κ1) is 11.5. The van der Waals surface area contributed by atoms with Gasteiger partial charge in [0.25, 0.3) is 0 Å². The van der Waals surface area contributed by atoms with Crippen LogP contribution in [-0.4, -0.2) is 11.1 Å². The molecule has 0 fully saturated rings. The number of carbonyl (C=O) groups is 1. The topological polar surface area (TPSA) is 37.3 Å². The van der Waals surface area contributed by atoms with Crippen molar-refractivity contribution in [2.24, 2.45) is 0 Å². The summed E-state index contributed by atoms with van der Waals surface area (Å²) in [6, 6.07) is 5.60. The van der Waals surface area contributed by atoms with E-state index in [1.54, 1.807) is 0 Å². The quantitative estimate of drug-likeness (QED) is 0.808. The van der Waals surface area contributed by atoms with Crippen molar-refractivity contribution in [2.45, 2.75) is 26.2 Å². The molecule has 1 rings (SSSR count). The van der Waals surface area contributed by atoms with E-state index in [0.29, 0.717) is 5.56 Å². The van der Waals surface area contributed by atoms with Crippen molar-refractivity contribution in [1.29, 1.82) is 0 Å². The van der Waals surface area contributed by atoms with E-state index in [2.05, 4.69) is 22.6 Å². The molecule has 0 bridgehead atoms. The first-order valence-corrected chi connectivity index (χ1v) is 5.44. The smallest absolute Gasteiger partial charge is 0.337 e. The van der Waals surface area contributed by atoms with Gasteiger partial charge < -0.3 is 5.11 Å². The molecule has 0 radical (unpaired) electrons. The molecule has 1 aromatic rings. The molecule has 0 aliphatic rings. The van der Waals surface area contributed by atoms with Crippen molar-refractivity contribution in [2.75, 3.05) is 0 Å². The summed E-state index contributed by atoms with van der Waals surface area (Å²) in [5.74, 6) is -0.847. The molecule has 14 heavy (non-hydrogen) atoms. The fourth-order valence-electron chi connectivity index (χ4n) is 1.37. The Labute approximate surface area is 97.5 Å². The van der Waals surface area contributed by atoms with E-state index in [1.165, 1.54) is 0 Å². The normalized spacial score (nSPS) is 11.4. The molecule has 0 spiro atoms. The van der Waals surface area contributed by atoms with Crippen molar-refractivity contribution in [3.8, 4) is 0 Å².